The molecule has 0 saturated heterocycles. The number of benzene rings is 1. The second-order valence-electron chi connectivity index (χ2n) is 3.25. The van der Waals surface area contributed by atoms with E-state index >= 15 is 0 Å². The van der Waals surface area contributed by atoms with Gasteiger partial charge in [0.2, 0.25) is 0 Å². The van der Waals surface area contributed by atoms with Gasteiger partial charge in [-0.1, -0.05) is 0 Å². The van der Waals surface area contributed by atoms with Crippen LogP contribution in [0.25, 0.3) is 0 Å². The highest BCUT2D eigenvalue weighted by molar-refractivity contribution is 5.88. The Balaban J connectivity index is 3.29. The number of halogens is 1. The highest BCUT2D eigenvalue weighted by Gasteiger charge is 2.16. The average molecular weight is 213 g/mol. The third-order valence-corrected chi connectivity index (χ3v) is 2.17. The molecule has 0 spiro atoms. The van der Waals surface area contributed by atoms with Crippen molar-refractivity contribution in [1.29, 1.82) is 0 Å². The first-order valence-electron chi connectivity index (χ1n) is 4.38. The lowest BCUT2D eigenvalue weighted by Gasteiger charge is -2.12. The molecule has 0 saturated carbocycles. The molecule has 4 N–H and O–H groups in total. The molecule has 1 unspecified atom stereocenters. The van der Waals surface area contributed by atoms with Crippen molar-refractivity contribution in [2.24, 2.45) is 5.73 Å². The molecule has 0 bridgehead atoms. The number of rotatable bonds is 3. The van der Waals surface area contributed by atoms with Gasteiger partial charge in [0.05, 0.1) is 11.7 Å². The van der Waals surface area contributed by atoms with Crippen LogP contribution in [0.15, 0.2) is 12.1 Å². The van der Waals surface area contributed by atoms with Crippen LogP contribution in [0.5, 0.6) is 0 Å². The topological polar surface area (TPSA) is 83.5 Å². The lowest BCUT2D eigenvalue weighted by Crippen LogP contribution is -2.14. The minimum Gasteiger partial charge on any atom is -0.478 e. The average Bonchev–Trinajstić information content (AvgIpc) is 2.16. The standard InChI is InChI=1S/C10H12FNO3/c1-5-2-8(11)7(10(14)15)3-6(5)9(13)4-12/h2-3,9,13H,4,12H2,1H3,(H,14,15). The Morgan fingerprint density at radius 3 is 2.67 bits per heavy atom. The van der Waals surface area contributed by atoms with E-state index in [0.29, 0.717) is 11.1 Å². The number of aliphatic hydroxyl groups excluding tert-OH is 1. The van der Waals surface area contributed by atoms with Crippen LogP contribution in [0.2, 0.25) is 0 Å². The zero-order valence-corrected chi connectivity index (χ0v) is 8.20. The van der Waals surface area contributed by atoms with Crippen molar-refractivity contribution in [3.8, 4) is 0 Å². The number of carboxylic acid groups (broad SMARTS) is 1. The highest BCUT2D eigenvalue weighted by atomic mass is 19.1. The molecule has 15 heavy (non-hydrogen) atoms. The van der Waals surface area contributed by atoms with E-state index in [4.69, 9.17) is 10.8 Å². The smallest absolute Gasteiger partial charge is 0.338 e. The molecule has 1 rings (SSSR count). The van der Waals surface area contributed by atoms with Crippen molar-refractivity contribution in [2.45, 2.75) is 13.0 Å². The molecule has 1 aromatic rings. The van der Waals surface area contributed by atoms with Crippen LogP contribution in [0.1, 0.15) is 27.6 Å². The van der Waals surface area contributed by atoms with E-state index in [-0.39, 0.29) is 6.54 Å². The molecule has 0 fully saturated rings. The Labute approximate surface area is 86.1 Å². The number of aryl methyl sites for hydroxylation is 1. The Morgan fingerprint density at radius 2 is 2.20 bits per heavy atom. The van der Waals surface area contributed by atoms with E-state index in [0.717, 1.165) is 12.1 Å². The number of nitrogens with two attached hydrogens (primary N) is 1. The summed E-state index contributed by atoms with van der Waals surface area (Å²) in [6, 6.07) is 2.20. The summed E-state index contributed by atoms with van der Waals surface area (Å²) in [5.74, 6) is -2.18. The molecule has 0 aliphatic carbocycles. The maximum atomic E-state index is 13.2. The van der Waals surface area contributed by atoms with Gasteiger partial charge in [0.15, 0.2) is 0 Å². The number of hydrogen-bond acceptors (Lipinski definition) is 3. The molecule has 0 aliphatic rings. The zero-order valence-electron chi connectivity index (χ0n) is 8.20. The number of carboxylic acids is 1. The van der Waals surface area contributed by atoms with Crippen molar-refractivity contribution in [3.05, 3.63) is 34.6 Å². The molecular weight excluding hydrogens is 201 g/mol. The second kappa shape index (κ2) is 4.37. The van der Waals surface area contributed by atoms with Crippen LogP contribution in [0, 0.1) is 12.7 Å². The van der Waals surface area contributed by atoms with Gasteiger partial charge in [-0.15, -0.1) is 0 Å². The SMILES string of the molecule is Cc1cc(F)c(C(=O)O)cc1C(O)CN. The van der Waals surface area contributed by atoms with Crippen LogP contribution in [0.3, 0.4) is 0 Å². The summed E-state index contributed by atoms with van der Waals surface area (Å²) in [7, 11) is 0. The molecule has 5 heteroatoms. The summed E-state index contributed by atoms with van der Waals surface area (Å²) in [6.07, 6.45) is -0.969. The van der Waals surface area contributed by atoms with Crippen LogP contribution >= 0.6 is 0 Å². The first-order valence-corrected chi connectivity index (χ1v) is 4.38. The third-order valence-electron chi connectivity index (χ3n) is 2.17. The minimum atomic E-state index is -1.36. The predicted octanol–water partition coefficient (Wildman–Crippen LogP) is 0.824. The van der Waals surface area contributed by atoms with Gasteiger partial charge in [0, 0.05) is 6.54 Å². The molecule has 1 atom stereocenters. The van der Waals surface area contributed by atoms with Gasteiger partial charge in [0.1, 0.15) is 5.82 Å². The van der Waals surface area contributed by atoms with E-state index in [1.807, 2.05) is 0 Å². The van der Waals surface area contributed by atoms with E-state index < -0.39 is 23.5 Å². The van der Waals surface area contributed by atoms with Gasteiger partial charge >= 0.3 is 5.97 Å². The summed E-state index contributed by atoms with van der Waals surface area (Å²) in [6.45, 7) is 1.55. The van der Waals surface area contributed by atoms with Crippen molar-refractivity contribution in [1.82, 2.24) is 0 Å². The number of hydrogen-bond donors (Lipinski definition) is 3. The van der Waals surface area contributed by atoms with Gasteiger partial charge in [-0.3, -0.25) is 0 Å². The zero-order chi connectivity index (χ0) is 11.6. The van der Waals surface area contributed by atoms with Gasteiger partial charge in [0.25, 0.3) is 0 Å². The quantitative estimate of drug-likeness (QED) is 0.694. The second-order valence-corrected chi connectivity index (χ2v) is 3.25. The fourth-order valence-corrected chi connectivity index (χ4v) is 1.34. The lowest BCUT2D eigenvalue weighted by molar-refractivity contribution is 0.0691. The number of aliphatic hydroxyl groups is 1. The lowest BCUT2D eigenvalue weighted by atomic mass is 10.00. The number of carbonyl (C=O) groups is 1. The Bertz CT molecular complexity index is 392. The monoisotopic (exact) mass is 213 g/mol. The highest BCUT2D eigenvalue weighted by Crippen LogP contribution is 2.21. The maximum absolute atomic E-state index is 13.2. The number of aromatic carboxylic acids is 1. The van der Waals surface area contributed by atoms with E-state index in [2.05, 4.69) is 0 Å². The summed E-state index contributed by atoms with van der Waals surface area (Å²) >= 11 is 0. The molecule has 82 valence electrons. The van der Waals surface area contributed by atoms with E-state index in [1.165, 1.54) is 0 Å². The van der Waals surface area contributed by atoms with E-state index in [9.17, 15) is 14.3 Å². The van der Waals surface area contributed by atoms with E-state index in [1.54, 1.807) is 6.92 Å². The van der Waals surface area contributed by atoms with Crippen LogP contribution in [-0.4, -0.2) is 22.7 Å². The largest absolute Gasteiger partial charge is 0.478 e. The third kappa shape index (κ3) is 2.31. The van der Waals surface area contributed by atoms with Crippen LogP contribution in [-0.2, 0) is 0 Å². The fourth-order valence-electron chi connectivity index (χ4n) is 1.34. The Morgan fingerprint density at radius 1 is 1.60 bits per heavy atom. The van der Waals surface area contributed by atoms with Crippen molar-refractivity contribution < 1.29 is 19.4 Å². The first kappa shape index (κ1) is 11.6. The molecule has 1 aromatic carbocycles. The van der Waals surface area contributed by atoms with Crippen molar-refractivity contribution in [2.75, 3.05) is 6.54 Å². The molecule has 0 aliphatic heterocycles. The summed E-state index contributed by atoms with van der Waals surface area (Å²) < 4.78 is 13.2. The Kier molecular flexibility index (Phi) is 3.39. The van der Waals surface area contributed by atoms with Crippen LogP contribution in [0.4, 0.5) is 4.39 Å². The predicted molar refractivity (Wildman–Crippen MR) is 52.1 cm³/mol. The minimum absolute atomic E-state index is 0.0362. The molecule has 0 aromatic heterocycles. The van der Waals surface area contributed by atoms with Crippen LogP contribution < -0.4 is 5.73 Å². The first-order chi connectivity index (χ1) is 6.97. The van der Waals surface area contributed by atoms with Gasteiger partial charge in [-0.25, -0.2) is 9.18 Å². The van der Waals surface area contributed by atoms with Gasteiger partial charge in [-0.2, -0.15) is 0 Å². The van der Waals surface area contributed by atoms with Crippen molar-refractivity contribution in [3.63, 3.8) is 0 Å². The Hall–Kier alpha value is -1.46. The summed E-state index contributed by atoms with van der Waals surface area (Å²) in [4.78, 5) is 10.6. The summed E-state index contributed by atoms with van der Waals surface area (Å²) in [5.41, 5.74) is 5.62. The summed E-state index contributed by atoms with van der Waals surface area (Å²) in [5, 5.41) is 18.1. The molecule has 0 heterocycles. The van der Waals surface area contributed by atoms with Crippen molar-refractivity contribution >= 4 is 5.97 Å². The maximum Gasteiger partial charge on any atom is 0.338 e. The van der Waals surface area contributed by atoms with Gasteiger partial charge in [-0.05, 0) is 30.2 Å². The normalized spacial score (nSPS) is 12.5. The van der Waals surface area contributed by atoms with Gasteiger partial charge < -0.3 is 15.9 Å². The molecule has 0 radical (unpaired) electrons. The molecule has 0 amide bonds. The molecule has 4 nitrogen and oxygen atoms in total. The fraction of sp³-hybridized carbons (Fsp3) is 0.300. The molecular formula is C10H12FNO3.